The highest BCUT2D eigenvalue weighted by molar-refractivity contribution is 7.88. The van der Waals surface area contributed by atoms with Gasteiger partial charge in [-0.15, -0.1) is 0 Å². The number of aryl methyl sites for hydroxylation is 1. The van der Waals surface area contributed by atoms with Crippen LogP contribution >= 0.6 is 0 Å². The molecule has 0 spiro atoms. The van der Waals surface area contributed by atoms with Gasteiger partial charge in [0.1, 0.15) is 0 Å². The van der Waals surface area contributed by atoms with Crippen LogP contribution in [0.3, 0.4) is 0 Å². The third kappa shape index (κ3) is 2.71. The van der Waals surface area contributed by atoms with Crippen molar-refractivity contribution < 1.29 is 8.42 Å². The molecular weight excluding hydrogens is 288 g/mol. The first kappa shape index (κ1) is 14.2. The minimum atomic E-state index is -3.18. The Morgan fingerprint density at radius 3 is 2.81 bits per heavy atom. The Bertz CT molecular complexity index is 753. The highest BCUT2D eigenvalue weighted by atomic mass is 32.2. The van der Waals surface area contributed by atoms with E-state index in [1.807, 2.05) is 19.2 Å². The predicted molar refractivity (Wildman–Crippen MR) is 80.0 cm³/mol. The Morgan fingerprint density at radius 2 is 2.14 bits per heavy atom. The number of hydrogen-bond donors (Lipinski definition) is 0. The summed E-state index contributed by atoms with van der Waals surface area (Å²) in [6.45, 7) is 0.942. The molecule has 0 aliphatic carbocycles. The molecule has 0 unspecified atom stereocenters. The fraction of sp³-hybridized carbons (Fsp3) is 0.429. The second-order valence-electron chi connectivity index (χ2n) is 5.34. The van der Waals surface area contributed by atoms with Crippen LogP contribution in [0.1, 0.15) is 17.7 Å². The van der Waals surface area contributed by atoms with Crippen molar-refractivity contribution >= 4 is 10.0 Å². The van der Waals surface area contributed by atoms with E-state index >= 15 is 0 Å². The van der Waals surface area contributed by atoms with E-state index in [-0.39, 0.29) is 0 Å². The van der Waals surface area contributed by atoms with Crippen LogP contribution in [0.5, 0.6) is 0 Å². The van der Waals surface area contributed by atoms with Crippen LogP contribution in [0, 0.1) is 0 Å². The molecule has 21 heavy (non-hydrogen) atoms. The molecule has 1 aliphatic heterocycles. The average molecular weight is 306 g/mol. The monoisotopic (exact) mass is 306 g/mol. The van der Waals surface area contributed by atoms with E-state index in [1.54, 1.807) is 17.1 Å². The van der Waals surface area contributed by atoms with Crippen LogP contribution in [0.15, 0.2) is 24.5 Å². The summed E-state index contributed by atoms with van der Waals surface area (Å²) >= 11 is 0. The van der Waals surface area contributed by atoms with Gasteiger partial charge in [0.2, 0.25) is 10.0 Å². The SMILES string of the molecule is Cn1nc(-c2cccnc2)c2c1CN(S(C)(=O)=O)CCC2. The van der Waals surface area contributed by atoms with Crippen LogP contribution in [-0.4, -0.2) is 40.3 Å². The zero-order valence-corrected chi connectivity index (χ0v) is 13.0. The Morgan fingerprint density at radius 1 is 1.33 bits per heavy atom. The van der Waals surface area contributed by atoms with Gasteiger partial charge >= 0.3 is 0 Å². The van der Waals surface area contributed by atoms with Gasteiger partial charge in [-0.25, -0.2) is 8.42 Å². The number of aromatic nitrogens is 3. The second-order valence-corrected chi connectivity index (χ2v) is 7.32. The highest BCUT2D eigenvalue weighted by Gasteiger charge is 2.26. The van der Waals surface area contributed by atoms with Crippen molar-refractivity contribution in [2.75, 3.05) is 12.8 Å². The van der Waals surface area contributed by atoms with Crippen LogP contribution in [0.25, 0.3) is 11.3 Å². The molecule has 1 aliphatic rings. The van der Waals surface area contributed by atoms with Gasteiger partial charge in [0, 0.05) is 37.1 Å². The Kier molecular flexibility index (Phi) is 3.54. The molecular formula is C14H18N4O2S. The minimum Gasteiger partial charge on any atom is -0.270 e. The van der Waals surface area contributed by atoms with Gasteiger partial charge in [-0.05, 0) is 25.0 Å². The second kappa shape index (κ2) is 5.23. The first-order valence-corrected chi connectivity index (χ1v) is 8.72. The van der Waals surface area contributed by atoms with Gasteiger partial charge in [0.15, 0.2) is 0 Å². The molecule has 112 valence electrons. The summed E-state index contributed by atoms with van der Waals surface area (Å²) in [5.74, 6) is 0. The fourth-order valence-electron chi connectivity index (χ4n) is 2.76. The van der Waals surface area contributed by atoms with E-state index < -0.39 is 10.0 Å². The third-order valence-corrected chi connectivity index (χ3v) is 5.09. The molecule has 0 N–H and O–H groups in total. The fourth-order valence-corrected chi connectivity index (χ4v) is 3.58. The molecule has 3 heterocycles. The molecule has 0 atom stereocenters. The number of pyridine rings is 1. The lowest BCUT2D eigenvalue weighted by Crippen LogP contribution is -2.30. The molecule has 0 fully saturated rings. The normalized spacial score (nSPS) is 16.5. The van der Waals surface area contributed by atoms with Gasteiger partial charge in [0.05, 0.1) is 24.2 Å². The summed E-state index contributed by atoms with van der Waals surface area (Å²) in [4.78, 5) is 4.14. The van der Waals surface area contributed by atoms with Gasteiger partial charge < -0.3 is 0 Å². The summed E-state index contributed by atoms with van der Waals surface area (Å²) in [6, 6.07) is 3.87. The minimum absolute atomic E-state index is 0.387. The first-order valence-electron chi connectivity index (χ1n) is 6.87. The Labute approximate surface area is 124 Å². The van der Waals surface area contributed by atoms with E-state index in [9.17, 15) is 8.42 Å². The number of nitrogens with zero attached hydrogens (tertiary/aromatic N) is 4. The predicted octanol–water partition coefficient (Wildman–Crippen LogP) is 1.19. The topological polar surface area (TPSA) is 68.1 Å². The third-order valence-electron chi connectivity index (χ3n) is 3.84. The molecule has 3 rings (SSSR count). The van der Waals surface area contributed by atoms with Gasteiger partial charge in [-0.3, -0.25) is 9.67 Å². The van der Waals surface area contributed by atoms with E-state index in [2.05, 4.69) is 10.1 Å². The van der Waals surface area contributed by atoms with Crippen molar-refractivity contribution in [1.29, 1.82) is 0 Å². The van der Waals surface area contributed by atoms with Crippen LogP contribution in [0.2, 0.25) is 0 Å². The van der Waals surface area contributed by atoms with Gasteiger partial charge in [0.25, 0.3) is 0 Å². The molecule has 0 bridgehead atoms. The molecule has 0 radical (unpaired) electrons. The van der Waals surface area contributed by atoms with Crippen LogP contribution in [-0.2, 0) is 30.0 Å². The number of fused-ring (bicyclic) bond motifs is 1. The highest BCUT2D eigenvalue weighted by Crippen LogP contribution is 2.29. The van der Waals surface area contributed by atoms with Crippen molar-refractivity contribution in [2.24, 2.45) is 7.05 Å². The lowest BCUT2D eigenvalue weighted by atomic mass is 10.0. The molecule has 0 amide bonds. The standard InChI is InChI=1S/C14H18N4O2S/c1-17-13-10-18(21(2,19)20)8-4-6-12(13)14(16-17)11-5-3-7-15-9-11/h3,5,7,9H,4,6,8,10H2,1-2H3. The molecule has 0 aromatic carbocycles. The lowest BCUT2D eigenvalue weighted by Gasteiger charge is -2.17. The van der Waals surface area contributed by atoms with Gasteiger partial charge in [-0.2, -0.15) is 9.40 Å². The van der Waals surface area contributed by atoms with E-state index in [0.717, 1.165) is 35.4 Å². The Balaban J connectivity index is 2.07. The molecule has 0 saturated heterocycles. The number of sulfonamides is 1. The summed E-state index contributed by atoms with van der Waals surface area (Å²) < 4.78 is 27.0. The van der Waals surface area contributed by atoms with Crippen LogP contribution in [0.4, 0.5) is 0 Å². The quantitative estimate of drug-likeness (QED) is 0.836. The van der Waals surface area contributed by atoms with E-state index in [4.69, 9.17) is 0 Å². The number of rotatable bonds is 2. The zero-order chi connectivity index (χ0) is 15.0. The number of hydrogen-bond acceptors (Lipinski definition) is 4. The van der Waals surface area contributed by atoms with Crippen molar-refractivity contribution in [2.45, 2.75) is 19.4 Å². The average Bonchev–Trinajstić information content (AvgIpc) is 2.64. The molecule has 7 heteroatoms. The van der Waals surface area contributed by atoms with Crippen molar-refractivity contribution in [3.8, 4) is 11.3 Å². The van der Waals surface area contributed by atoms with Crippen molar-refractivity contribution in [3.05, 3.63) is 35.8 Å². The summed E-state index contributed by atoms with van der Waals surface area (Å²) in [5, 5.41) is 4.58. The maximum atomic E-state index is 11.8. The smallest absolute Gasteiger partial charge is 0.211 e. The van der Waals surface area contributed by atoms with E-state index in [1.165, 1.54) is 10.6 Å². The zero-order valence-electron chi connectivity index (χ0n) is 12.2. The van der Waals surface area contributed by atoms with Gasteiger partial charge in [-0.1, -0.05) is 0 Å². The largest absolute Gasteiger partial charge is 0.270 e. The molecule has 2 aromatic heterocycles. The first-order chi connectivity index (χ1) is 9.97. The molecule has 6 nitrogen and oxygen atoms in total. The van der Waals surface area contributed by atoms with Crippen molar-refractivity contribution in [1.82, 2.24) is 19.1 Å². The lowest BCUT2D eigenvalue weighted by molar-refractivity contribution is 0.403. The molecule has 0 saturated carbocycles. The van der Waals surface area contributed by atoms with Crippen molar-refractivity contribution in [3.63, 3.8) is 0 Å². The summed E-state index contributed by atoms with van der Waals surface area (Å²) in [7, 11) is -1.32. The van der Waals surface area contributed by atoms with Crippen LogP contribution < -0.4 is 0 Å². The maximum absolute atomic E-state index is 11.8. The maximum Gasteiger partial charge on any atom is 0.211 e. The summed E-state index contributed by atoms with van der Waals surface area (Å²) in [6.07, 6.45) is 6.42. The Hall–Kier alpha value is -1.73. The molecule has 2 aromatic rings. The van der Waals surface area contributed by atoms with E-state index in [0.29, 0.717) is 13.1 Å². The summed E-state index contributed by atoms with van der Waals surface area (Å²) in [5.41, 5.74) is 3.99.